The third-order valence-corrected chi connectivity index (χ3v) is 3.09. The molecular formula is C14H21N3O2. The zero-order valence-electron chi connectivity index (χ0n) is 11.5. The van der Waals surface area contributed by atoms with Crippen molar-refractivity contribution in [2.75, 3.05) is 19.6 Å². The van der Waals surface area contributed by atoms with Gasteiger partial charge >= 0.3 is 6.03 Å². The second-order valence-electron chi connectivity index (χ2n) is 4.97. The smallest absolute Gasteiger partial charge is 0.317 e. The number of ether oxygens (including phenoxy) is 1. The van der Waals surface area contributed by atoms with E-state index in [4.69, 9.17) is 4.74 Å². The van der Waals surface area contributed by atoms with Crippen molar-refractivity contribution in [3.05, 3.63) is 30.1 Å². The second-order valence-corrected chi connectivity index (χ2v) is 4.97. The van der Waals surface area contributed by atoms with Crippen LogP contribution >= 0.6 is 0 Å². The molecule has 0 radical (unpaired) electrons. The van der Waals surface area contributed by atoms with Gasteiger partial charge in [-0.1, -0.05) is 6.07 Å². The number of pyridine rings is 1. The van der Waals surface area contributed by atoms with Crippen molar-refractivity contribution < 1.29 is 9.53 Å². The van der Waals surface area contributed by atoms with Crippen molar-refractivity contribution in [1.82, 2.24) is 15.2 Å². The van der Waals surface area contributed by atoms with E-state index in [1.165, 1.54) is 0 Å². The maximum atomic E-state index is 12.0. The van der Waals surface area contributed by atoms with E-state index < -0.39 is 0 Å². The Bertz CT molecular complexity index is 400. The van der Waals surface area contributed by atoms with Gasteiger partial charge in [0.25, 0.3) is 0 Å². The average Bonchev–Trinajstić information content (AvgIpc) is 2.38. The number of aromatic nitrogens is 1. The normalized spacial score (nSPS) is 23.2. The molecule has 2 unspecified atom stereocenters. The highest BCUT2D eigenvalue weighted by Crippen LogP contribution is 2.10. The molecule has 0 bridgehead atoms. The molecular weight excluding hydrogens is 242 g/mol. The summed E-state index contributed by atoms with van der Waals surface area (Å²) in [7, 11) is 0. The largest absolute Gasteiger partial charge is 0.372 e. The number of nitrogens with zero attached hydrogens (tertiary/aromatic N) is 2. The maximum absolute atomic E-state index is 12.0. The van der Waals surface area contributed by atoms with Crippen LogP contribution in [0.3, 0.4) is 0 Å². The number of hydrogen-bond acceptors (Lipinski definition) is 3. The molecule has 2 rings (SSSR count). The summed E-state index contributed by atoms with van der Waals surface area (Å²) >= 11 is 0. The van der Waals surface area contributed by atoms with E-state index >= 15 is 0 Å². The number of urea groups is 1. The van der Waals surface area contributed by atoms with Crippen LogP contribution in [0, 0.1) is 0 Å². The molecule has 1 fully saturated rings. The summed E-state index contributed by atoms with van der Waals surface area (Å²) in [5.74, 6) is 0. The fraction of sp³-hybridized carbons (Fsp3) is 0.571. The Morgan fingerprint density at radius 2 is 2.16 bits per heavy atom. The summed E-state index contributed by atoms with van der Waals surface area (Å²) < 4.78 is 5.61. The summed E-state index contributed by atoms with van der Waals surface area (Å²) in [6.45, 7) is 5.89. The van der Waals surface area contributed by atoms with Crippen LogP contribution in [0.5, 0.6) is 0 Å². The van der Waals surface area contributed by atoms with Crippen LogP contribution in [-0.2, 0) is 11.2 Å². The Labute approximate surface area is 114 Å². The molecule has 1 N–H and O–H groups in total. The molecule has 1 saturated heterocycles. The number of morpholine rings is 1. The van der Waals surface area contributed by atoms with E-state index in [9.17, 15) is 4.79 Å². The van der Waals surface area contributed by atoms with E-state index in [2.05, 4.69) is 10.3 Å². The summed E-state index contributed by atoms with van der Waals surface area (Å²) in [6, 6.07) is 5.79. The number of hydrogen-bond donors (Lipinski definition) is 1. The Hall–Kier alpha value is -1.62. The summed E-state index contributed by atoms with van der Waals surface area (Å²) in [5, 5.41) is 2.93. The van der Waals surface area contributed by atoms with Crippen LogP contribution in [0.1, 0.15) is 19.5 Å². The lowest BCUT2D eigenvalue weighted by Gasteiger charge is -2.35. The molecule has 0 saturated carbocycles. The average molecular weight is 263 g/mol. The van der Waals surface area contributed by atoms with Gasteiger partial charge in [-0.25, -0.2) is 4.79 Å². The Morgan fingerprint density at radius 1 is 1.42 bits per heavy atom. The van der Waals surface area contributed by atoms with Crippen LogP contribution < -0.4 is 5.32 Å². The lowest BCUT2D eigenvalue weighted by Crippen LogP contribution is -2.51. The van der Waals surface area contributed by atoms with Gasteiger partial charge in [0, 0.05) is 37.9 Å². The molecule has 0 aliphatic carbocycles. The number of carbonyl (C=O) groups excluding carboxylic acids is 1. The summed E-state index contributed by atoms with van der Waals surface area (Å²) in [4.78, 5) is 18.1. The van der Waals surface area contributed by atoms with Crippen LogP contribution in [0.25, 0.3) is 0 Å². The zero-order valence-corrected chi connectivity index (χ0v) is 11.5. The third kappa shape index (κ3) is 4.21. The predicted octanol–water partition coefficient (Wildman–Crippen LogP) is 1.44. The van der Waals surface area contributed by atoms with Gasteiger partial charge < -0.3 is 15.0 Å². The standard InChI is InChI=1S/C14H21N3O2/c1-11-9-17(10-12(2)19-11)14(18)16-8-6-13-5-3-4-7-15-13/h3-5,7,11-12H,6,8-10H2,1-2H3,(H,16,18). The second kappa shape index (κ2) is 6.52. The highest BCUT2D eigenvalue weighted by Gasteiger charge is 2.25. The lowest BCUT2D eigenvalue weighted by molar-refractivity contribution is -0.0544. The van der Waals surface area contributed by atoms with Crippen molar-refractivity contribution in [2.24, 2.45) is 0 Å². The lowest BCUT2D eigenvalue weighted by atomic mass is 10.2. The van der Waals surface area contributed by atoms with Crippen molar-refractivity contribution in [2.45, 2.75) is 32.5 Å². The van der Waals surface area contributed by atoms with Crippen LogP contribution in [0.4, 0.5) is 4.79 Å². The van der Waals surface area contributed by atoms with E-state index in [0.29, 0.717) is 19.6 Å². The first-order chi connectivity index (χ1) is 9.15. The van der Waals surface area contributed by atoms with Crippen LogP contribution in [-0.4, -0.2) is 47.8 Å². The maximum Gasteiger partial charge on any atom is 0.317 e. The first kappa shape index (κ1) is 13.8. The minimum absolute atomic E-state index is 0.0158. The number of amides is 2. The van der Waals surface area contributed by atoms with Gasteiger partial charge in [0.15, 0.2) is 0 Å². The summed E-state index contributed by atoms with van der Waals surface area (Å²) in [5.41, 5.74) is 0.992. The Kier molecular flexibility index (Phi) is 4.74. The number of nitrogens with one attached hydrogen (secondary N) is 1. The first-order valence-corrected chi connectivity index (χ1v) is 6.73. The third-order valence-electron chi connectivity index (χ3n) is 3.09. The van der Waals surface area contributed by atoms with E-state index in [1.807, 2.05) is 36.9 Å². The molecule has 0 aromatic carbocycles. The predicted molar refractivity (Wildman–Crippen MR) is 72.9 cm³/mol. The van der Waals surface area contributed by atoms with E-state index in [0.717, 1.165) is 12.1 Å². The van der Waals surface area contributed by atoms with Gasteiger partial charge in [-0.3, -0.25) is 4.98 Å². The highest BCUT2D eigenvalue weighted by molar-refractivity contribution is 5.74. The molecule has 104 valence electrons. The van der Waals surface area contributed by atoms with Gasteiger partial charge in [0.2, 0.25) is 0 Å². The van der Waals surface area contributed by atoms with Crippen LogP contribution in [0.15, 0.2) is 24.4 Å². The van der Waals surface area contributed by atoms with Crippen molar-refractivity contribution in [3.8, 4) is 0 Å². The van der Waals surface area contributed by atoms with Gasteiger partial charge in [-0.2, -0.15) is 0 Å². The minimum Gasteiger partial charge on any atom is -0.372 e. The van der Waals surface area contributed by atoms with Crippen LogP contribution in [0.2, 0.25) is 0 Å². The highest BCUT2D eigenvalue weighted by atomic mass is 16.5. The quantitative estimate of drug-likeness (QED) is 0.898. The molecule has 2 amide bonds. The molecule has 1 aromatic rings. The first-order valence-electron chi connectivity index (χ1n) is 6.73. The molecule has 1 aliphatic heterocycles. The summed E-state index contributed by atoms with van der Waals surface area (Å²) in [6.07, 6.45) is 2.72. The Balaban J connectivity index is 1.75. The number of rotatable bonds is 3. The van der Waals surface area contributed by atoms with Crippen molar-refractivity contribution in [1.29, 1.82) is 0 Å². The van der Waals surface area contributed by atoms with Gasteiger partial charge in [0.05, 0.1) is 12.2 Å². The van der Waals surface area contributed by atoms with Gasteiger partial charge in [-0.05, 0) is 26.0 Å². The SMILES string of the molecule is CC1CN(C(=O)NCCc2ccccn2)CC(C)O1. The molecule has 2 atom stereocenters. The molecule has 1 aliphatic rings. The fourth-order valence-corrected chi connectivity index (χ4v) is 2.30. The molecule has 2 heterocycles. The molecule has 5 heteroatoms. The molecule has 1 aromatic heterocycles. The minimum atomic E-state index is -0.0158. The van der Waals surface area contributed by atoms with Crippen molar-refractivity contribution >= 4 is 6.03 Å². The molecule has 19 heavy (non-hydrogen) atoms. The van der Waals surface area contributed by atoms with E-state index in [-0.39, 0.29) is 18.2 Å². The van der Waals surface area contributed by atoms with Gasteiger partial charge in [-0.15, -0.1) is 0 Å². The Morgan fingerprint density at radius 3 is 2.79 bits per heavy atom. The van der Waals surface area contributed by atoms with Crippen molar-refractivity contribution in [3.63, 3.8) is 0 Å². The monoisotopic (exact) mass is 263 g/mol. The van der Waals surface area contributed by atoms with Gasteiger partial charge in [0.1, 0.15) is 0 Å². The van der Waals surface area contributed by atoms with E-state index in [1.54, 1.807) is 6.20 Å². The topological polar surface area (TPSA) is 54.5 Å². The number of carbonyl (C=O) groups is 1. The fourth-order valence-electron chi connectivity index (χ4n) is 2.30. The zero-order chi connectivity index (χ0) is 13.7. The molecule has 0 spiro atoms. The molecule has 5 nitrogen and oxygen atoms in total.